The second kappa shape index (κ2) is 7.12. The van der Waals surface area contributed by atoms with Gasteiger partial charge in [0.15, 0.2) is 0 Å². The number of amides is 1. The number of hydrogen-bond acceptors (Lipinski definition) is 3. The van der Waals surface area contributed by atoms with Crippen LogP contribution in [0.25, 0.3) is 0 Å². The van der Waals surface area contributed by atoms with Gasteiger partial charge in [0.2, 0.25) is 5.91 Å². The molecule has 0 radical (unpaired) electrons. The van der Waals surface area contributed by atoms with Crippen LogP contribution in [0.15, 0.2) is 17.5 Å². The molecule has 1 atom stereocenters. The maximum absolute atomic E-state index is 12.0. The maximum atomic E-state index is 12.0. The molecule has 3 nitrogen and oxygen atoms in total. The fourth-order valence-corrected chi connectivity index (χ4v) is 3.00. The van der Waals surface area contributed by atoms with Gasteiger partial charge in [-0.3, -0.25) is 4.79 Å². The maximum Gasteiger partial charge on any atom is 0.222 e. The average molecular weight is 288 g/mol. The molecule has 1 aliphatic rings. The van der Waals surface area contributed by atoms with Crippen LogP contribution in [-0.2, 0) is 16.0 Å². The number of rotatable bonds is 5. The highest BCUT2D eigenvalue weighted by Crippen LogP contribution is 2.14. The van der Waals surface area contributed by atoms with E-state index in [1.54, 1.807) is 11.3 Å². The van der Waals surface area contributed by atoms with E-state index in [0.29, 0.717) is 32.0 Å². The summed E-state index contributed by atoms with van der Waals surface area (Å²) in [7, 11) is 0. The Bertz CT molecular complexity index is 369. The highest BCUT2D eigenvalue weighted by molar-refractivity contribution is 7.09. The lowest BCUT2D eigenvalue weighted by atomic mass is 10.2. The van der Waals surface area contributed by atoms with Crippen LogP contribution >= 0.6 is 22.9 Å². The van der Waals surface area contributed by atoms with Gasteiger partial charge in [-0.25, -0.2) is 0 Å². The number of halogens is 1. The van der Waals surface area contributed by atoms with Crippen molar-refractivity contribution in [2.24, 2.45) is 0 Å². The number of carbonyl (C=O) groups is 1. The van der Waals surface area contributed by atoms with Crippen LogP contribution in [0.4, 0.5) is 0 Å². The van der Waals surface area contributed by atoms with E-state index in [0.717, 1.165) is 12.8 Å². The zero-order chi connectivity index (χ0) is 12.8. The van der Waals surface area contributed by atoms with Gasteiger partial charge in [0.1, 0.15) is 0 Å². The molecule has 1 saturated heterocycles. The number of morpholine rings is 1. The molecule has 18 heavy (non-hydrogen) atoms. The number of carbonyl (C=O) groups excluding carboxylic acids is 1. The summed E-state index contributed by atoms with van der Waals surface area (Å²) < 4.78 is 5.45. The van der Waals surface area contributed by atoms with Crippen LogP contribution in [0.3, 0.4) is 0 Å². The van der Waals surface area contributed by atoms with Crippen molar-refractivity contribution in [3.63, 3.8) is 0 Å². The molecule has 100 valence electrons. The minimum atomic E-state index is 0.00154. The van der Waals surface area contributed by atoms with Gasteiger partial charge in [-0.05, 0) is 24.3 Å². The minimum absolute atomic E-state index is 0.00154. The van der Waals surface area contributed by atoms with Gasteiger partial charge in [0.05, 0.1) is 18.6 Å². The highest BCUT2D eigenvalue weighted by Gasteiger charge is 2.22. The van der Waals surface area contributed by atoms with Gasteiger partial charge < -0.3 is 9.64 Å². The highest BCUT2D eigenvalue weighted by atomic mass is 35.5. The molecule has 1 fully saturated rings. The second-order valence-electron chi connectivity index (χ2n) is 4.42. The Balaban J connectivity index is 1.70. The Hall–Kier alpha value is -0.580. The van der Waals surface area contributed by atoms with Gasteiger partial charge in [-0.1, -0.05) is 6.07 Å². The fraction of sp³-hybridized carbons (Fsp3) is 0.615. The van der Waals surface area contributed by atoms with Crippen LogP contribution in [0.2, 0.25) is 0 Å². The third kappa shape index (κ3) is 3.97. The van der Waals surface area contributed by atoms with E-state index in [9.17, 15) is 4.79 Å². The molecule has 0 aliphatic carbocycles. The molecule has 1 aliphatic heterocycles. The van der Waals surface area contributed by atoms with Gasteiger partial charge in [-0.2, -0.15) is 0 Å². The Kier molecular flexibility index (Phi) is 5.47. The number of nitrogens with zero attached hydrogens (tertiary/aromatic N) is 1. The summed E-state index contributed by atoms with van der Waals surface area (Å²) in [6.07, 6.45) is 2.53. The lowest BCUT2D eigenvalue weighted by Gasteiger charge is -2.32. The topological polar surface area (TPSA) is 29.5 Å². The van der Waals surface area contributed by atoms with Crippen LogP contribution < -0.4 is 0 Å². The van der Waals surface area contributed by atoms with E-state index < -0.39 is 0 Å². The summed E-state index contributed by atoms with van der Waals surface area (Å²) in [5, 5.41) is 2.07. The lowest BCUT2D eigenvalue weighted by Crippen LogP contribution is -2.46. The van der Waals surface area contributed by atoms with Crippen molar-refractivity contribution >= 4 is 28.8 Å². The largest absolute Gasteiger partial charge is 0.373 e. The lowest BCUT2D eigenvalue weighted by molar-refractivity contribution is -0.138. The molecule has 2 rings (SSSR count). The van der Waals surface area contributed by atoms with Crippen LogP contribution in [-0.4, -0.2) is 42.5 Å². The van der Waals surface area contributed by atoms with Crippen LogP contribution in [0.5, 0.6) is 0 Å². The molecule has 5 heteroatoms. The molecule has 0 spiro atoms. The molecule has 2 heterocycles. The average Bonchev–Trinajstić information content (AvgIpc) is 2.92. The summed E-state index contributed by atoms with van der Waals surface area (Å²) in [5.74, 6) is 0.684. The standard InChI is InChI=1S/C13H18ClNO2S/c14-9-11-10-15(6-7-17-11)13(16)5-1-3-12-4-2-8-18-12/h2,4,8,11H,1,3,5-7,9-10H2. The smallest absolute Gasteiger partial charge is 0.222 e. The normalized spacial score (nSPS) is 20.1. The van der Waals surface area contributed by atoms with E-state index in [1.165, 1.54) is 4.88 Å². The number of ether oxygens (including phenoxy) is 1. The Morgan fingerprint density at radius 1 is 1.61 bits per heavy atom. The van der Waals surface area contributed by atoms with Gasteiger partial charge in [-0.15, -0.1) is 22.9 Å². The van der Waals surface area contributed by atoms with Crippen LogP contribution in [0, 0.1) is 0 Å². The van der Waals surface area contributed by atoms with Crippen molar-refractivity contribution in [2.45, 2.75) is 25.4 Å². The van der Waals surface area contributed by atoms with Crippen molar-refractivity contribution in [2.75, 3.05) is 25.6 Å². The van der Waals surface area contributed by atoms with E-state index >= 15 is 0 Å². The SMILES string of the molecule is O=C(CCCc1cccs1)N1CCOC(CCl)C1. The van der Waals surface area contributed by atoms with E-state index in [-0.39, 0.29) is 12.0 Å². The van der Waals surface area contributed by atoms with Gasteiger partial charge in [0, 0.05) is 24.4 Å². The summed E-state index contributed by atoms with van der Waals surface area (Å²) >= 11 is 7.51. The van der Waals surface area contributed by atoms with Gasteiger partial charge >= 0.3 is 0 Å². The van der Waals surface area contributed by atoms with Gasteiger partial charge in [0.25, 0.3) is 0 Å². The molecule has 0 bridgehead atoms. The van der Waals surface area contributed by atoms with Crippen LogP contribution in [0.1, 0.15) is 17.7 Å². The van der Waals surface area contributed by atoms with E-state index in [1.807, 2.05) is 4.90 Å². The molecule has 0 saturated carbocycles. The molecular formula is C13H18ClNO2S. The predicted molar refractivity (Wildman–Crippen MR) is 74.3 cm³/mol. The molecule has 1 unspecified atom stereocenters. The minimum Gasteiger partial charge on any atom is -0.373 e. The van der Waals surface area contributed by atoms with Crippen molar-refractivity contribution in [3.8, 4) is 0 Å². The zero-order valence-electron chi connectivity index (χ0n) is 10.3. The summed E-state index contributed by atoms with van der Waals surface area (Å²) in [6.45, 7) is 1.95. The van der Waals surface area contributed by atoms with Crippen molar-refractivity contribution < 1.29 is 9.53 Å². The Morgan fingerprint density at radius 2 is 2.50 bits per heavy atom. The first-order chi connectivity index (χ1) is 8.79. The molecule has 1 aromatic rings. The number of aryl methyl sites for hydroxylation is 1. The number of alkyl halides is 1. The molecule has 0 N–H and O–H groups in total. The molecule has 1 amide bonds. The fourth-order valence-electron chi connectivity index (χ4n) is 2.07. The molecule has 1 aromatic heterocycles. The number of hydrogen-bond donors (Lipinski definition) is 0. The third-order valence-corrected chi connectivity index (χ3v) is 4.34. The van der Waals surface area contributed by atoms with Crippen molar-refractivity contribution in [1.29, 1.82) is 0 Å². The van der Waals surface area contributed by atoms with E-state index in [2.05, 4.69) is 17.5 Å². The third-order valence-electron chi connectivity index (χ3n) is 3.06. The molecule has 0 aromatic carbocycles. The zero-order valence-corrected chi connectivity index (χ0v) is 11.9. The van der Waals surface area contributed by atoms with Crippen molar-refractivity contribution in [3.05, 3.63) is 22.4 Å². The first-order valence-electron chi connectivity index (χ1n) is 6.27. The predicted octanol–water partition coefficient (Wildman–Crippen LogP) is 2.54. The summed E-state index contributed by atoms with van der Waals surface area (Å²) in [4.78, 5) is 15.2. The molecular weight excluding hydrogens is 270 g/mol. The first-order valence-corrected chi connectivity index (χ1v) is 7.68. The quantitative estimate of drug-likeness (QED) is 0.779. The number of thiophene rings is 1. The first kappa shape index (κ1) is 13.8. The Morgan fingerprint density at radius 3 is 3.22 bits per heavy atom. The Labute approximate surface area is 117 Å². The summed E-state index contributed by atoms with van der Waals surface area (Å²) in [5.41, 5.74) is 0. The van der Waals surface area contributed by atoms with Crippen molar-refractivity contribution in [1.82, 2.24) is 4.90 Å². The summed E-state index contributed by atoms with van der Waals surface area (Å²) in [6, 6.07) is 4.17. The monoisotopic (exact) mass is 287 g/mol. The second-order valence-corrected chi connectivity index (χ2v) is 5.76. The van der Waals surface area contributed by atoms with E-state index in [4.69, 9.17) is 16.3 Å².